The zero-order valence-electron chi connectivity index (χ0n) is 15.7. The first-order chi connectivity index (χ1) is 13.8. The summed E-state index contributed by atoms with van der Waals surface area (Å²) in [5.41, 5.74) is 5.14. The van der Waals surface area contributed by atoms with Gasteiger partial charge in [0, 0.05) is 4.90 Å². The lowest BCUT2D eigenvalue weighted by Gasteiger charge is -2.14. The predicted molar refractivity (Wildman–Crippen MR) is 124 cm³/mol. The summed E-state index contributed by atoms with van der Waals surface area (Å²) in [7, 11) is 0. The average Bonchev–Trinajstić information content (AvgIpc) is 2.78. The third-order valence-corrected chi connectivity index (χ3v) is 6.09. The van der Waals surface area contributed by atoms with E-state index in [4.69, 9.17) is 0 Å². The minimum atomic E-state index is 1.27. The summed E-state index contributed by atoms with van der Waals surface area (Å²) >= 11 is 1.79. The SMILES string of the molecule is CSc1cccc(-c2cccc3cccc(-c4cccc5ccccc45)c23)c1. The van der Waals surface area contributed by atoms with E-state index in [1.54, 1.807) is 11.8 Å². The molecule has 0 atom stereocenters. The van der Waals surface area contributed by atoms with E-state index in [0.717, 1.165) is 0 Å². The average molecular weight is 377 g/mol. The number of fused-ring (bicyclic) bond motifs is 2. The quantitative estimate of drug-likeness (QED) is 0.287. The fourth-order valence-electron chi connectivity index (χ4n) is 4.06. The first-order valence-corrected chi connectivity index (χ1v) is 10.7. The largest absolute Gasteiger partial charge is 0.130 e. The maximum Gasteiger partial charge on any atom is 0.00753 e. The number of benzene rings is 5. The number of hydrogen-bond donors (Lipinski definition) is 0. The van der Waals surface area contributed by atoms with Gasteiger partial charge in [0.1, 0.15) is 0 Å². The highest BCUT2D eigenvalue weighted by Crippen LogP contribution is 2.39. The summed E-state index contributed by atoms with van der Waals surface area (Å²) in [6, 6.07) is 37.3. The Hall–Kier alpha value is -3.03. The lowest BCUT2D eigenvalue weighted by Crippen LogP contribution is -1.88. The lowest BCUT2D eigenvalue weighted by atomic mass is 9.89. The Morgan fingerprint density at radius 2 is 1.18 bits per heavy atom. The molecule has 0 amide bonds. The van der Waals surface area contributed by atoms with Crippen LogP contribution in [0.1, 0.15) is 0 Å². The van der Waals surface area contributed by atoms with Gasteiger partial charge in [-0.05, 0) is 62.2 Å². The molecule has 0 aliphatic rings. The van der Waals surface area contributed by atoms with Gasteiger partial charge in [0.25, 0.3) is 0 Å². The highest BCUT2D eigenvalue weighted by molar-refractivity contribution is 7.98. The number of rotatable bonds is 3. The highest BCUT2D eigenvalue weighted by atomic mass is 32.2. The second-order valence-electron chi connectivity index (χ2n) is 6.97. The molecule has 0 bridgehead atoms. The van der Waals surface area contributed by atoms with Crippen LogP contribution in [-0.4, -0.2) is 6.26 Å². The van der Waals surface area contributed by atoms with E-state index < -0.39 is 0 Å². The van der Waals surface area contributed by atoms with Crippen molar-refractivity contribution < 1.29 is 0 Å². The van der Waals surface area contributed by atoms with Crippen LogP contribution >= 0.6 is 11.8 Å². The zero-order chi connectivity index (χ0) is 18.9. The Morgan fingerprint density at radius 1 is 0.536 bits per heavy atom. The van der Waals surface area contributed by atoms with Crippen LogP contribution in [0.25, 0.3) is 43.8 Å². The van der Waals surface area contributed by atoms with Gasteiger partial charge in [-0.3, -0.25) is 0 Å². The number of thioether (sulfide) groups is 1. The van der Waals surface area contributed by atoms with Gasteiger partial charge in [0.05, 0.1) is 0 Å². The fraction of sp³-hybridized carbons (Fsp3) is 0.0370. The van der Waals surface area contributed by atoms with Gasteiger partial charge in [-0.1, -0.05) is 91.0 Å². The van der Waals surface area contributed by atoms with Crippen molar-refractivity contribution in [1.82, 2.24) is 0 Å². The van der Waals surface area contributed by atoms with E-state index in [-0.39, 0.29) is 0 Å². The van der Waals surface area contributed by atoms with Crippen LogP contribution in [-0.2, 0) is 0 Å². The summed E-state index contributed by atoms with van der Waals surface area (Å²) in [6.45, 7) is 0. The van der Waals surface area contributed by atoms with E-state index in [1.807, 2.05) is 0 Å². The third-order valence-electron chi connectivity index (χ3n) is 5.37. The Morgan fingerprint density at radius 3 is 2.00 bits per heavy atom. The molecule has 1 heteroatoms. The molecule has 0 aromatic heterocycles. The second kappa shape index (κ2) is 7.18. The molecular weight excluding hydrogens is 356 g/mol. The van der Waals surface area contributed by atoms with Gasteiger partial charge in [0.15, 0.2) is 0 Å². The molecule has 0 radical (unpaired) electrons. The van der Waals surface area contributed by atoms with Crippen LogP contribution < -0.4 is 0 Å². The Kier molecular flexibility index (Phi) is 4.38. The maximum absolute atomic E-state index is 2.29. The Balaban J connectivity index is 1.86. The summed E-state index contributed by atoms with van der Waals surface area (Å²) in [4.78, 5) is 1.29. The molecule has 0 heterocycles. The molecule has 28 heavy (non-hydrogen) atoms. The first kappa shape index (κ1) is 17.1. The van der Waals surface area contributed by atoms with Crippen molar-refractivity contribution in [2.45, 2.75) is 4.90 Å². The molecule has 0 saturated heterocycles. The van der Waals surface area contributed by atoms with Crippen LogP contribution in [0.3, 0.4) is 0 Å². The van der Waals surface area contributed by atoms with Gasteiger partial charge in [-0.2, -0.15) is 0 Å². The van der Waals surface area contributed by atoms with Gasteiger partial charge < -0.3 is 0 Å². The van der Waals surface area contributed by atoms with E-state index in [9.17, 15) is 0 Å². The minimum absolute atomic E-state index is 1.27. The molecule has 0 saturated carbocycles. The molecule has 0 N–H and O–H groups in total. The standard InChI is InChI=1S/C27H20S/c1-28-22-13-4-12-21(18-22)24-15-6-10-20-11-7-17-26(27(20)24)25-16-5-9-19-8-2-3-14-23(19)25/h2-18H,1H3. The Labute approximate surface area is 169 Å². The zero-order valence-corrected chi connectivity index (χ0v) is 16.5. The summed E-state index contributed by atoms with van der Waals surface area (Å²) in [5, 5.41) is 5.17. The lowest BCUT2D eigenvalue weighted by molar-refractivity contribution is 1.46. The van der Waals surface area contributed by atoms with Crippen molar-refractivity contribution in [3.05, 3.63) is 103 Å². The molecule has 134 valence electrons. The first-order valence-electron chi connectivity index (χ1n) is 9.49. The summed E-state index contributed by atoms with van der Waals surface area (Å²) in [5.74, 6) is 0. The molecule has 0 fully saturated rings. The van der Waals surface area contributed by atoms with Gasteiger partial charge >= 0.3 is 0 Å². The van der Waals surface area contributed by atoms with Crippen LogP contribution in [0, 0.1) is 0 Å². The smallest absolute Gasteiger partial charge is 0.00753 e. The monoisotopic (exact) mass is 376 g/mol. The molecule has 5 rings (SSSR count). The van der Waals surface area contributed by atoms with E-state index in [2.05, 4.69) is 109 Å². The molecule has 0 unspecified atom stereocenters. The van der Waals surface area contributed by atoms with Gasteiger partial charge in [-0.25, -0.2) is 0 Å². The van der Waals surface area contributed by atoms with E-state index in [1.165, 1.54) is 48.7 Å². The molecule has 0 aliphatic carbocycles. The molecule has 0 nitrogen and oxygen atoms in total. The van der Waals surface area contributed by atoms with Crippen LogP contribution in [0.5, 0.6) is 0 Å². The third kappa shape index (κ3) is 2.89. The van der Waals surface area contributed by atoms with Crippen molar-refractivity contribution in [1.29, 1.82) is 0 Å². The topological polar surface area (TPSA) is 0 Å². The van der Waals surface area contributed by atoms with Crippen molar-refractivity contribution in [2.75, 3.05) is 6.26 Å². The van der Waals surface area contributed by atoms with Crippen molar-refractivity contribution >= 4 is 33.3 Å². The highest BCUT2D eigenvalue weighted by Gasteiger charge is 2.12. The summed E-state index contributed by atoms with van der Waals surface area (Å²) < 4.78 is 0. The van der Waals surface area contributed by atoms with Crippen molar-refractivity contribution in [3.63, 3.8) is 0 Å². The number of hydrogen-bond acceptors (Lipinski definition) is 1. The predicted octanol–water partition coefficient (Wildman–Crippen LogP) is 8.05. The van der Waals surface area contributed by atoms with Crippen molar-refractivity contribution in [3.8, 4) is 22.3 Å². The maximum atomic E-state index is 2.29. The summed E-state index contributed by atoms with van der Waals surface area (Å²) in [6.07, 6.45) is 2.13. The van der Waals surface area contributed by atoms with Crippen LogP contribution in [0.4, 0.5) is 0 Å². The second-order valence-corrected chi connectivity index (χ2v) is 7.85. The minimum Gasteiger partial charge on any atom is -0.130 e. The molecule has 5 aromatic carbocycles. The molecular formula is C27H20S. The van der Waals surface area contributed by atoms with Crippen LogP contribution in [0.2, 0.25) is 0 Å². The Bertz CT molecular complexity index is 1290. The van der Waals surface area contributed by atoms with Gasteiger partial charge in [0.2, 0.25) is 0 Å². The molecule has 5 aromatic rings. The normalized spacial score (nSPS) is 11.2. The fourth-order valence-corrected chi connectivity index (χ4v) is 4.52. The van der Waals surface area contributed by atoms with Crippen molar-refractivity contribution in [2.24, 2.45) is 0 Å². The molecule has 0 spiro atoms. The van der Waals surface area contributed by atoms with Gasteiger partial charge in [-0.15, -0.1) is 11.8 Å². The van der Waals surface area contributed by atoms with E-state index >= 15 is 0 Å². The van der Waals surface area contributed by atoms with E-state index in [0.29, 0.717) is 0 Å². The molecule has 0 aliphatic heterocycles. The van der Waals surface area contributed by atoms with Crippen LogP contribution in [0.15, 0.2) is 108 Å².